The first kappa shape index (κ1) is 24.3. The van der Waals surface area contributed by atoms with Crippen LogP contribution in [0.3, 0.4) is 0 Å². The Bertz CT molecular complexity index is 1200. The minimum absolute atomic E-state index is 0.138. The summed E-state index contributed by atoms with van der Waals surface area (Å²) in [5.74, 6) is 0.688. The number of fused-ring (bicyclic) bond motifs is 1. The highest BCUT2D eigenvalue weighted by Gasteiger charge is 2.20. The molecule has 0 bridgehead atoms. The third-order valence-corrected chi connectivity index (χ3v) is 7.75. The largest absolute Gasteiger partial charge is 0.319 e. The van der Waals surface area contributed by atoms with Crippen LogP contribution in [-0.4, -0.2) is 57.8 Å². The lowest BCUT2D eigenvalue weighted by atomic mass is 10.3. The summed E-state index contributed by atoms with van der Waals surface area (Å²) in [5.41, 5.74) is 1.46. The van der Waals surface area contributed by atoms with Gasteiger partial charge in [0.2, 0.25) is 15.9 Å². The minimum atomic E-state index is -3.55. The van der Waals surface area contributed by atoms with Crippen molar-refractivity contribution in [1.82, 2.24) is 23.6 Å². The van der Waals surface area contributed by atoms with Gasteiger partial charge in [-0.2, -0.15) is 5.10 Å². The van der Waals surface area contributed by atoms with Gasteiger partial charge in [0, 0.05) is 32.7 Å². The van der Waals surface area contributed by atoms with Crippen LogP contribution in [0.4, 0.5) is 5.82 Å². The minimum Gasteiger partial charge on any atom is -0.319 e. The highest BCUT2D eigenvalue weighted by atomic mass is 32.2. The van der Waals surface area contributed by atoms with Crippen molar-refractivity contribution in [2.24, 2.45) is 0 Å². The first-order chi connectivity index (χ1) is 15.1. The fraction of sp³-hybridized carbons (Fsp3) is 0.476. The zero-order valence-electron chi connectivity index (χ0n) is 19.1. The molecule has 0 spiro atoms. The van der Waals surface area contributed by atoms with E-state index < -0.39 is 10.0 Å². The molecule has 0 fully saturated rings. The zero-order valence-corrected chi connectivity index (χ0v) is 20.7. The van der Waals surface area contributed by atoms with Crippen LogP contribution < -0.4 is 5.32 Å². The Morgan fingerprint density at radius 1 is 1.25 bits per heavy atom. The lowest BCUT2D eigenvalue weighted by Crippen LogP contribution is -2.22. The summed E-state index contributed by atoms with van der Waals surface area (Å²) in [4.78, 5) is 17.4. The Balaban J connectivity index is 1.84. The van der Waals surface area contributed by atoms with E-state index in [1.165, 1.54) is 30.2 Å². The normalized spacial score (nSPS) is 12.2. The number of hydrogen-bond donors (Lipinski definition) is 1. The number of thioether (sulfide) groups is 1. The number of carbonyl (C=O) groups excluding carboxylic acids is 1. The molecule has 0 aliphatic rings. The van der Waals surface area contributed by atoms with Gasteiger partial charge in [-0.3, -0.25) is 4.79 Å². The standard InChI is InChI=1S/C21H30N6O3S2/c1-6-7-12-26-18-9-8-16(32(29,30)25(4)5)13-17(18)23-21(26)31-14-20(28)24-19-10-11-22-27(19)15(2)3/h8-11,13,15H,6-7,12,14H2,1-5H3,(H,24,28). The Kier molecular flexibility index (Phi) is 7.63. The second-order valence-electron chi connectivity index (χ2n) is 7.93. The molecule has 0 unspecified atom stereocenters. The number of unbranched alkanes of at least 4 members (excludes halogenated alkanes) is 1. The molecule has 9 nitrogen and oxygen atoms in total. The van der Waals surface area contributed by atoms with Gasteiger partial charge in [0.1, 0.15) is 5.82 Å². The molecule has 174 valence electrons. The topological polar surface area (TPSA) is 102 Å². The molecule has 0 aliphatic carbocycles. The molecule has 32 heavy (non-hydrogen) atoms. The predicted molar refractivity (Wildman–Crippen MR) is 127 cm³/mol. The summed E-state index contributed by atoms with van der Waals surface area (Å²) >= 11 is 1.34. The number of sulfonamides is 1. The summed E-state index contributed by atoms with van der Waals surface area (Å²) in [6.45, 7) is 6.85. The lowest BCUT2D eigenvalue weighted by molar-refractivity contribution is -0.113. The van der Waals surface area contributed by atoms with Crippen molar-refractivity contribution in [1.29, 1.82) is 0 Å². The van der Waals surface area contributed by atoms with E-state index in [2.05, 4.69) is 26.9 Å². The van der Waals surface area contributed by atoms with Crippen LogP contribution in [0.25, 0.3) is 11.0 Å². The van der Waals surface area contributed by atoms with Crippen LogP contribution in [0, 0.1) is 0 Å². The third-order valence-electron chi connectivity index (χ3n) is 4.96. The van der Waals surface area contributed by atoms with Gasteiger partial charge in [-0.1, -0.05) is 25.1 Å². The van der Waals surface area contributed by atoms with Crippen molar-refractivity contribution >= 4 is 44.5 Å². The number of carbonyl (C=O) groups is 1. The van der Waals surface area contributed by atoms with Gasteiger partial charge < -0.3 is 9.88 Å². The third kappa shape index (κ3) is 5.16. The van der Waals surface area contributed by atoms with Crippen LogP contribution in [0.1, 0.15) is 39.7 Å². The molecule has 2 heterocycles. The summed E-state index contributed by atoms with van der Waals surface area (Å²) < 4.78 is 30.0. The van der Waals surface area contributed by atoms with Gasteiger partial charge in [-0.05, 0) is 38.5 Å². The van der Waals surface area contributed by atoms with Crippen LogP contribution >= 0.6 is 11.8 Å². The molecule has 0 saturated carbocycles. The van der Waals surface area contributed by atoms with Gasteiger partial charge in [0.25, 0.3) is 0 Å². The smallest absolute Gasteiger partial charge is 0.242 e. The fourth-order valence-electron chi connectivity index (χ4n) is 3.24. The molecule has 1 aromatic carbocycles. The average molecular weight is 479 g/mol. The summed E-state index contributed by atoms with van der Waals surface area (Å²) in [5, 5.41) is 7.82. The fourth-order valence-corrected chi connectivity index (χ4v) is 5.00. The van der Waals surface area contributed by atoms with Crippen LogP contribution in [0.2, 0.25) is 0 Å². The second-order valence-corrected chi connectivity index (χ2v) is 11.0. The molecule has 0 aliphatic heterocycles. The van der Waals surface area contributed by atoms with Crippen molar-refractivity contribution in [3.05, 3.63) is 30.5 Å². The Morgan fingerprint density at radius 3 is 2.66 bits per heavy atom. The molecule has 1 N–H and O–H groups in total. The number of rotatable bonds is 10. The second kappa shape index (κ2) is 10.1. The number of aryl methyl sites for hydroxylation is 1. The predicted octanol–water partition coefficient (Wildman–Crippen LogP) is 3.59. The number of benzene rings is 1. The lowest BCUT2D eigenvalue weighted by Gasteiger charge is -2.12. The summed E-state index contributed by atoms with van der Waals surface area (Å²) in [6.07, 6.45) is 3.62. The van der Waals surface area contributed by atoms with Gasteiger partial charge >= 0.3 is 0 Å². The summed E-state index contributed by atoms with van der Waals surface area (Å²) in [7, 11) is -0.541. The molecule has 0 atom stereocenters. The SMILES string of the molecule is CCCCn1c(SCC(=O)Nc2ccnn2C(C)C)nc2cc(S(=O)(=O)N(C)C)ccc21. The number of nitrogens with zero attached hydrogens (tertiary/aromatic N) is 5. The molecular weight excluding hydrogens is 448 g/mol. The van der Waals surface area contributed by atoms with E-state index in [1.54, 1.807) is 35.1 Å². The molecule has 0 radical (unpaired) electrons. The Morgan fingerprint density at radius 2 is 2.00 bits per heavy atom. The van der Waals surface area contributed by atoms with E-state index in [0.717, 1.165) is 24.9 Å². The monoisotopic (exact) mass is 478 g/mol. The van der Waals surface area contributed by atoms with E-state index in [-0.39, 0.29) is 22.6 Å². The number of imidazole rings is 1. The Labute approximate surface area is 193 Å². The average Bonchev–Trinajstić information content (AvgIpc) is 3.34. The molecule has 3 aromatic rings. The number of anilines is 1. The van der Waals surface area contributed by atoms with Crippen molar-refractivity contribution in [3.8, 4) is 0 Å². The van der Waals surface area contributed by atoms with Crippen LogP contribution in [-0.2, 0) is 21.4 Å². The first-order valence-corrected chi connectivity index (χ1v) is 13.0. The summed E-state index contributed by atoms with van der Waals surface area (Å²) in [6, 6.07) is 6.90. The molecule has 11 heteroatoms. The first-order valence-electron chi connectivity index (χ1n) is 10.5. The molecule has 3 rings (SSSR count). The van der Waals surface area contributed by atoms with E-state index in [4.69, 9.17) is 0 Å². The van der Waals surface area contributed by atoms with Crippen molar-refractivity contribution in [2.45, 2.75) is 56.3 Å². The van der Waals surface area contributed by atoms with Gasteiger partial charge in [-0.15, -0.1) is 0 Å². The molecule has 1 amide bonds. The molecule has 2 aromatic heterocycles. The zero-order chi connectivity index (χ0) is 23.5. The van der Waals surface area contributed by atoms with E-state index in [9.17, 15) is 13.2 Å². The van der Waals surface area contributed by atoms with Gasteiger partial charge in [0.05, 0.1) is 27.9 Å². The number of hydrogen-bond acceptors (Lipinski definition) is 6. The highest BCUT2D eigenvalue weighted by Crippen LogP contribution is 2.27. The number of nitrogens with one attached hydrogen (secondary N) is 1. The van der Waals surface area contributed by atoms with Crippen molar-refractivity contribution in [2.75, 3.05) is 25.2 Å². The van der Waals surface area contributed by atoms with Crippen LogP contribution in [0.15, 0.2) is 40.5 Å². The van der Waals surface area contributed by atoms with Gasteiger partial charge in [0.15, 0.2) is 5.16 Å². The highest BCUT2D eigenvalue weighted by molar-refractivity contribution is 7.99. The van der Waals surface area contributed by atoms with Gasteiger partial charge in [-0.25, -0.2) is 22.4 Å². The van der Waals surface area contributed by atoms with Crippen molar-refractivity contribution in [3.63, 3.8) is 0 Å². The molecular formula is C21H30N6O3S2. The maximum absolute atomic E-state index is 12.6. The quantitative estimate of drug-likeness (QED) is 0.447. The van der Waals surface area contributed by atoms with Crippen molar-refractivity contribution < 1.29 is 13.2 Å². The maximum atomic E-state index is 12.6. The van der Waals surface area contributed by atoms with E-state index in [0.29, 0.717) is 16.5 Å². The van der Waals surface area contributed by atoms with E-state index >= 15 is 0 Å². The number of amides is 1. The maximum Gasteiger partial charge on any atom is 0.242 e. The molecule has 0 saturated heterocycles. The number of aromatic nitrogens is 4. The van der Waals surface area contributed by atoms with Crippen LogP contribution in [0.5, 0.6) is 0 Å². The Hall–Kier alpha value is -2.37. The van der Waals surface area contributed by atoms with E-state index in [1.807, 2.05) is 13.8 Å².